The summed E-state index contributed by atoms with van der Waals surface area (Å²) in [6.45, 7) is 0.885. The molecule has 0 atom stereocenters. The molecule has 10 heteroatoms. The Morgan fingerprint density at radius 3 is 2.31 bits per heavy atom. The van der Waals surface area contributed by atoms with Crippen LogP contribution in [0, 0.1) is 5.82 Å². The Balaban J connectivity index is 2.78. The van der Waals surface area contributed by atoms with E-state index in [1.807, 2.05) is 0 Å². The summed E-state index contributed by atoms with van der Waals surface area (Å²) in [6, 6.07) is 5.16. The van der Waals surface area contributed by atoms with Gasteiger partial charge in [-0.2, -0.15) is 13.2 Å². The molecule has 0 aliphatic carbocycles. The number of alkyl halides is 3. The summed E-state index contributed by atoms with van der Waals surface area (Å²) in [5.74, 6) is -4.05. The third-order valence-electron chi connectivity index (χ3n) is 3.69. The molecule has 1 heterocycles. The summed E-state index contributed by atoms with van der Waals surface area (Å²) in [7, 11) is 0. The molecule has 0 saturated carbocycles. The SMILES string of the molecule is CCCn1c(N)c(C(=O)C(F)(F)F)c(=O)n(Cc2ccccc2F)c1=O. The van der Waals surface area contributed by atoms with Gasteiger partial charge in [0.05, 0.1) is 6.54 Å². The summed E-state index contributed by atoms with van der Waals surface area (Å²) < 4.78 is 53.4. The van der Waals surface area contributed by atoms with Gasteiger partial charge in [0.2, 0.25) is 0 Å². The number of aromatic nitrogens is 2. The van der Waals surface area contributed by atoms with Gasteiger partial charge < -0.3 is 5.73 Å². The van der Waals surface area contributed by atoms with E-state index in [0.717, 1.165) is 6.07 Å². The fourth-order valence-corrected chi connectivity index (χ4v) is 2.45. The zero-order chi connectivity index (χ0) is 19.6. The van der Waals surface area contributed by atoms with Crippen molar-refractivity contribution in [2.75, 3.05) is 5.73 Å². The molecule has 0 amide bonds. The van der Waals surface area contributed by atoms with Gasteiger partial charge in [0.15, 0.2) is 0 Å². The molecule has 0 aliphatic rings. The number of carbonyl (C=O) groups excluding carboxylic acids is 1. The lowest BCUT2D eigenvalue weighted by Gasteiger charge is -2.16. The first-order chi connectivity index (χ1) is 12.1. The normalized spacial score (nSPS) is 11.6. The summed E-state index contributed by atoms with van der Waals surface area (Å²) in [5, 5.41) is 0. The second-order valence-corrected chi connectivity index (χ2v) is 5.50. The van der Waals surface area contributed by atoms with Gasteiger partial charge in [-0.1, -0.05) is 25.1 Å². The van der Waals surface area contributed by atoms with Crippen LogP contribution >= 0.6 is 0 Å². The maximum atomic E-state index is 13.8. The minimum Gasteiger partial charge on any atom is -0.384 e. The van der Waals surface area contributed by atoms with Gasteiger partial charge in [-0.05, 0) is 12.5 Å². The number of nitrogens with zero attached hydrogens (tertiary/aromatic N) is 2. The van der Waals surface area contributed by atoms with E-state index < -0.39 is 47.0 Å². The van der Waals surface area contributed by atoms with Crippen LogP contribution in [-0.4, -0.2) is 21.1 Å². The summed E-state index contributed by atoms with van der Waals surface area (Å²) in [4.78, 5) is 36.5. The average molecular weight is 373 g/mol. The number of nitrogen functional groups attached to an aromatic ring is 1. The number of nitrogens with two attached hydrogens (primary N) is 1. The molecule has 0 aliphatic heterocycles. The second-order valence-electron chi connectivity index (χ2n) is 5.50. The van der Waals surface area contributed by atoms with E-state index in [0.29, 0.717) is 15.6 Å². The van der Waals surface area contributed by atoms with Crippen LogP contribution in [0.5, 0.6) is 0 Å². The molecule has 1 aromatic carbocycles. The maximum Gasteiger partial charge on any atom is 0.455 e. The van der Waals surface area contributed by atoms with Crippen LogP contribution in [0.25, 0.3) is 0 Å². The number of hydrogen-bond acceptors (Lipinski definition) is 4. The number of halogens is 4. The van der Waals surface area contributed by atoms with Crippen LogP contribution in [0.3, 0.4) is 0 Å². The number of carbonyl (C=O) groups is 1. The molecular weight excluding hydrogens is 358 g/mol. The minimum atomic E-state index is -5.35. The molecule has 0 bridgehead atoms. The average Bonchev–Trinajstić information content (AvgIpc) is 2.56. The van der Waals surface area contributed by atoms with Crippen molar-refractivity contribution in [2.24, 2.45) is 0 Å². The van der Waals surface area contributed by atoms with E-state index in [2.05, 4.69) is 0 Å². The van der Waals surface area contributed by atoms with Gasteiger partial charge in [0.1, 0.15) is 17.2 Å². The first-order valence-corrected chi connectivity index (χ1v) is 7.57. The van der Waals surface area contributed by atoms with Crippen molar-refractivity contribution < 1.29 is 22.4 Å². The van der Waals surface area contributed by atoms with Crippen molar-refractivity contribution >= 4 is 11.6 Å². The third kappa shape index (κ3) is 3.53. The van der Waals surface area contributed by atoms with Crippen LogP contribution in [0.1, 0.15) is 29.3 Å². The number of anilines is 1. The van der Waals surface area contributed by atoms with Gasteiger partial charge in [0.25, 0.3) is 11.3 Å². The van der Waals surface area contributed by atoms with Crippen molar-refractivity contribution in [3.8, 4) is 0 Å². The minimum absolute atomic E-state index is 0.0927. The van der Waals surface area contributed by atoms with E-state index in [4.69, 9.17) is 5.73 Å². The number of hydrogen-bond donors (Lipinski definition) is 1. The van der Waals surface area contributed by atoms with Gasteiger partial charge in [-0.25, -0.2) is 9.18 Å². The Morgan fingerprint density at radius 2 is 1.77 bits per heavy atom. The zero-order valence-corrected chi connectivity index (χ0v) is 13.6. The quantitative estimate of drug-likeness (QED) is 0.641. The number of benzene rings is 1. The van der Waals surface area contributed by atoms with E-state index in [9.17, 15) is 31.9 Å². The second kappa shape index (κ2) is 7.14. The van der Waals surface area contributed by atoms with Crippen LogP contribution in [0.4, 0.5) is 23.4 Å². The Kier molecular flexibility index (Phi) is 5.33. The van der Waals surface area contributed by atoms with Crippen molar-refractivity contribution in [1.82, 2.24) is 9.13 Å². The summed E-state index contributed by atoms with van der Waals surface area (Å²) in [6.07, 6.45) is -5.04. The highest BCUT2D eigenvalue weighted by Gasteiger charge is 2.43. The van der Waals surface area contributed by atoms with Crippen LogP contribution < -0.4 is 17.0 Å². The number of ketones is 1. The molecule has 0 radical (unpaired) electrons. The van der Waals surface area contributed by atoms with Crippen LogP contribution in [0.15, 0.2) is 33.9 Å². The molecule has 1 aromatic heterocycles. The molecule has 2 rings (SSSR count). The topological polar surface area (TPSA) is 87.1 Å². The van der Waals surface area contributed by atoms with E-state index in [1.54, 1.807) is 6.92 Å². The fraction of sp³-hybridized carbons (Fsp3) is 0.312. The highest BCUT2D eigenvalue weighted by atomic mass is 19.4. The Labute approximate surface area is 144 Å². The number of Topliss-reactive ketones (excluding diaryl/α,β-unsaturated/α-hetero) is 1. The monoisotopic (exact) mass is 373 g/mol. The predicted molar refractivity (Wildman–Crippen MR) is 85.6 cm³/mol. The molecule has 26 heavy (non-hydrogen) atoms. The first kappa shape index (κ1) is 19.4. The molecule has 2 N–H and O–H groups in total. The van der Waals surface area contributed by atoms with Gasteiger partial charge in [-0.3, -0.25) is 18.7 Å². The smallest absolute Gasteiger partial charge is 0.384 e. The van der Waals surface area contributed by atoms with E-state index in [-0.39, 0.29) is 12.1 Å². The number of rotatable bonds is 5. The fourth-order valence-electron chi connectivity index (χ4n) is 2.45. The molecule has 0 saturated heterocycles. The molecule has 6 nitrogen and oxygen atoms in total. The first-order valence-electron chi connectivity index (χ1n) is 7.57. The lowest BCUT2D eigenvalue weighted by molar-refractivity contribution is -0.0886. The predicted octanol–water partition coefficient (Wildman–Crippen LogP) is 1.93. The Hall–Kier alpha value is -2.91. The van der Waals surface area contributed by atoms with Gasteiger partial charge in [-0.15, -0.1) is 0 Å². The Bertz CT molecular complexity index is 961. The van der Waals surface area contributed by atoms with Crippen molar-refractivity contribution in [3.05, 3.63) is 62.0 Å². The molecule has 0 fully saturated rings. The molecule has 140 valence electrons. The maximum absolute atomic E-state index is 13.8. The van der Waals surface area contributed by atoms with Crippen molar-refractivity contribution in [2.45, 2.75) is 32.6 Å². The van der Waals surface area contributed by atoms with Crippen molar-refractivity contribution in [3.63, 3.8) is 0 Å². The van der Waals surface area contributed by atoms with Crippen LogP contribution in [0.2, 0.25) is 0 Å². The molecule has 0 spiro atoms. The molecule has 0 unspecified atom stereocenters. The lowest BCUT2D eigenvalue weighted by Crippen LogP contribution is -2.46. The largest absolute Gasteiger partial charge is 0.455 e. The van der Waals surface area contributed by atoms with Crippen molar-refractivity contribution in [1.29, 1.82) is 0 Å². The zero-order valence-electron chi connectivity index (χ0n) is 13.6. The highest BCUT2D eigenvalue weighted by Crippen LogP contribution is 2.22. The highest BCUT2D eigenvalue weighted by molar-refractivity contribution is 6.03. The lowest BCUT2D eigenvalue weighted by atomic mass is 10.1. The standard InChI is InChI=1S/C16H15F4N3O3/c1-2-7-22-13(21)11(12(24)16(18,19)20)14(25)23(15(22)26)8-9-5-3-4-6-10(9)17/h3-6H,2,7-8,21H2,1H3. The summed E-state index contributed by atoms with van der Waals surface area (Å²) in [5.41, 5.74) is 1.55. The van der Waals surface area contributed by atoms with Gasteiger partial charge in [0, 0.05) is 12.1 Å². The third-order valence-corrected chi connectivity index (χ3v) is 3.69. The van der Waals surface area contributed by atoms with Crippen LogP contribution in [-0.2, 0) is 13.1 Å². The van der Waals surface area contributed by atoms with Gasteiger partial charge >= 0.3 is 11.9 Å². The van der Waals surface area contributed by atoms with E-state index >= 15 is 0 Å². The summed E-state index contributed by atoms with van der Waals surface area (Å²) >= 11 is 0. The van der Waals surface area contributed by atoms with E-state index in [1.165, 1.54) is 18.2 Å². The molecular formula is C16H15F4N3O3. The Morgan fingerprint density at radius 1 is 1.15 bits per heavy atom. The molecule has 2 aromatic rings.